The molecule has 1 amide bonds. The van der Waals surface area contributed by atoms with E-state index in [2.05, 4.69) is 5.32 Å². The zero-order chi connectivity index (χ0) is 14.6. The molecule has 1 atom stereocenters. The number of benzene rings is 1. The molecule has 19 heavy (non-hydrogen) atoms. The monoisotopic (exact) mass is 266 g/mol. The van der Waals surface area contributed by atoms with E-state index in [1.807, 2.05) is 39.8 Å². The van der Waals surface area contributed by atoms with Crippen LogP contribution < -0.4 is 5.32 Å². The Morgan fingerprint density at radius 2 is 2.00 bits per heavy atom. The third-order valence-electron chi connectivity index (χ3n) is 3.05. The molecule has 0 heterocycles. The smallest absolute Gasteiger partial charge is 0.254 e. The van der Waals surface area contributed by atoms with Crippen LogP contribution in [0.4, 0.5) is 4.39 Å². The zero-order valence-corrected chi connectivity index (χ0v) is 12.3. The molecule has 0 saturated carbocycles. The van der Waals surface area contributed by atoms with Gasteiger partial charge in [0.15, 0.2) is 0 Å². The molecule has 1 N–H and O–H groups in total. The van der Waals surface area contributed by atoms with Crippen LogP contribution >= 0.6 is 0 Å². The van der Waals surface area contributed by atoms with Gasteiger partial charge in [0.2, 0.25) is 0 Å². The number of carbonyl (C=O) groups excluding carboxylic acids is 1. The lowest BCUT2D eigenvalue weighted by molar-refractivity contribution is 0.0912. The van der Waals surface area contributed by atoms with Crippen LogP contribution in [0.1, 0.15) is 29.8 Å². The van der Waals surface area contributed by atoms with E-state index < -0.39 is 5.82 Å². The summed E-state index contributed by atoms with van der Waals surface area (Å²) in [6, 6.07) is 4.58. The summed E-state index contributed by atoms with van der Waals surface area (Å²) in [7, 11) is 3.91. The predicted molar refractivity (Wildman–Crippen MR) is 75.8 cm³/mol. The van der Waals surface area contributed by atoms with Crippen LogP contribution in [0.5, 0.6) is 0 Å². The molecule has 0 aliphatic rings. The number of nitrogens with one attached hydrogen (secondary N) is 1. The Labute approximate surface area is 114 Å². The Morgan fingerprint density at radius 3 is 2.53 bits per heavy atom. The van der Waals surface area contributed by atoms with E-state index in [4.69, 9.17) is 0 Å². The molecule has 106 valence electrons. The van der Waals surface area contributed by atoms with E-state index >= 15 is 0 Å². The molecule has 0 radical (unpaired) electrons. The van der Waals surface area contributed by atoms with Crippen LogP contribution in [0.3, 0.4) is 0 Å². The van der Waals surface area contributed by atoms with Crippen molar-refractivity contribution in [1.29, 1.82) is 0 Å². The lowest BCUT2D eigenvalue weighted by Crippen LogP contribution is -2.45. The topological polar surface area (TPSA) is 32.3 Å². The second-order valence-corrected chi connectivity index (χ2v) is 5.57. The van der Waals surface area contributed by atoms with Gasteiger partial charge in [-0.05, 0) is 39.1 Å². The lowest BCUT2D eigenvalue weighted by atomic mass is 10.0. The number of hydrogen-bond acceptors (Lipinski definition) is 2. The molecule has 0 aliphatic carbocycles. The number of hydrogen-bond donors (Lipinski definition) is 1. The van der Waals surface area contributed by atoms with E-state index in [1.54, 1.807) is 12.1 Å². The fourth-order valence-corrected chi connectivity index (χ4v) is 1.88. The van der Waals surface area contributed by atoms with Crippen molar-refractivity contribution in [1.82, 2.24) is 10.2 Å². The number of halogens is 1. The molecule has 0 fully saturated rings. The van der Waals surface area contributed by atoms with Gasteiger partial charge < -0.3 is 10.2 Å². The molecule has 1 aromatic rings. The van der Waals surface area contributed by atoms with E-state index in [-0.39, 0.29) is 17.5 Å². The molecule has 0 bridgehead atoms. The molecule has 1 rings (SSSR count). The van der Waals surface area contributed by atoms with Crippen molar-refractivity contribution >= 4 is 5.91 Å². The molecule has 3 nitrogen and oxygen atoms in total. The Kier molecular flexibility index (Phi) is 5.48. The predicted octanol–water partition coefficient (Wildman–Crippen LogP) is 2.45. The van der Waals surface area contributed by atoms with Crippen LogP contribution in [0.25, 0.3) is 0 Å². The van der Waals surface area contributed by atoms with Gasteiger partial charge in [-0.15, -0.1) is 0 Å². The van der Waals surface area contributed by atoms with Gasteiger partial charge in [-0.3, -0.25) is 4.79 Å². The summed E-state index contributed by atoms with van der Waals surface area (Å²) in [4.78, 5) is 14.2. The molecule has 1 unspecified atom stereocenters. The van der Waals surface area contributed by atoms with Crippen LogP contribution in [-0.4, -0.2) is 37.5 Å². The number of carbonyl (C=O) groups is 1. The van der Waals surface area contributed by atoms with E-state index in [9.17, 15) is 9.18 Å². The average molecular weight is 266 g/mol. The van der Waals surface area contributed by atoms with Crippen LogP contribution in [0.2, 0.25) is 0 Å². The average Bonchev–Trinajstić information content (AvgIpc) is 2.30. The minimum Gasteiger partial charge on any atom is -0.348 e. The zero-order valence-electron chi connectivity index (χ0n) is 12.3. The molecular formula is C15H23FN2O. The summed E-state index contributed by atoms with van der Waals surface area (Å²) in [6.45, 7) is 6.66. The Hall–Kier alpha value is -1.42. The molecule has 0 saturated heterocycles. The van der Waals surface area contributed by atoms with E-state index in [0.717, 1.165) is 12.1 Å². The van der Waals surface area contributed by atoms with E-state index in [0.29, 0.717) is 5.92 Å². The summed E-state index contributed by atoms with van der Waals surface area (Å²) < 4.78 is 13.7. The lowest BCUT2D eigenvalue weighted by Gasteiger charge is -2.25. The third-order valence-corrected chi connectivity index (χ3v) is 3.05. The summed E-state index contributed by atoms with van der Waals surface area (Å²) in [5.74, 6) is -0.531. The van der Waals surface area contributed by atoms with Gasteiger partial charge in [-0.2, -0.15) is 0 Å². The SMILES string of the molecule is Cc1ccc(F)c(C(=O)NC(CN(C)C)C(C)C)c1. The fraction of sp³-hybridized carbons (Fsp3) is 0.533. The highest BCUT2D eigenvalue weighted by atomic mass is 19.1. The minimum absolute atomic E-state index is 0.00223. The van der Waals surface area contributed by atoms with Gasteiger partial charge >= 0.3 is 0 Å². The largest absolute Gasteiger partial charge is 0.348 e. The van der Waals surface area contributed by atoms with Crippen LogP contribution in [0.15, 0.2) is 18.2 Å². The quantitative estimate of drug-likeness (QED) is 0.888. The fourth-order valence-electron chi connectivity index (χ4n) is 1.88. The summed E-state index contributed by atoms with van der Waals surface area (Å²) in [6.07, 6.45) is 0. The number of likely N-dealkylation sites (N-methyl/N-ethyl adjacent to an activating group) is 1. The van der Waals surface area contributed by atoms with Crippen LogP contribution in [-0.2, 0) is 0 Å². The maximum absolute atomic E-state index is 13.7. The van der Waals surface area contributed by atoms with Crippen molar-refractivity contribution in [2.75, 3.05) is 20.6 Å². The summed E-state index contributed by atoms with van der Waals surface area (Å²) in [5, 5.41) is 2.91. The van der Waals surface area contributed by atoms with Gasteiger partial charge in [0.05, 0.1) is 5.56 Å². The summed E-state index contributed by atoms with van der Waals surface area (Å²) >= 11 is 0. The van der Waals surface area contributed by atoms with Gasteiger partial charge in [-0.25, -0.2) is 4.39 Å². The van der Waals surface area contributed by atoms with Crippen molar-refractivity contribution in [2.45, 2.75) is 26.8 Å². The minimum atomic E-state index is -0.476. The highest BCUT2D eigenvalue weighted by molar-refractivity contribution is 5.94. The van der Waals surface area contributed by atoms with Crippen molar-refractivity contribution in [3.8, 4) is 0 Å². The Morgan fingerprint density at radius 1 is 1.37 bits per heavy atom. The van der Waals surface area contributed by atoms with Crippen LogP contribution in [0, 0.1) is 18.7 Å². The first-order chi connectivity index (χ1) is 8.81. The second kappa shape index (κ2) is 6.66. The molecular weight excluding hydrogens is 243 g/mol. The Bertz CT molecular complexity index is 444. The highest BCUT2D eigenvalue weighted by Crippen LogP contribution is 2.11. The maximum Gasteiger partial charge on any atom is 0.254 e. The number of aryl methyl sites for hydroxylation is 1. The van der Waals surface area contributed by atoms with Gasteiger partial charge in [0.1, 0.15) is 5.82 Å². The normalized spacial score (nSPS) is 12.8. The molecule has 0 spiro atoms. The van der Waals surface area contributed by atoms with Crippen molar-refractivity contribution in [3.63, 3.8) is 0 Å². The first-order valence-electron chi connectivity index (χ1n) is 6.53. The number of amides is 1. The number of nitrogens with zero attached hydrogens (tertiary/aromatic N) is 1. The van der Waals surface area contributed by atoms with Crippen molar-refractivity contribution < 1.29 is 9.18 Å². The van der Waals surface area contributed by atoms with Gasteiger partial charge in [0.25, 0.3) is 5.91 Å². The molecule has 0 aromatic heterocycles. The highest BCUT2D eigenvalue weighted by Gasteiger charge is 2.19. The van der Waals surface area contributed by atoms with Crippen molar-refractivity contribution in [2.24, 2.45) is 5.92 Å². The number of rotatable bonds is 5. The Balaban J connectivity index is 2.84. The second-order valence-electron chi connectivity index (χ2n) is 5.57. The van der Waals surface area contributed by atoms with Gasteiger partial charge in [-0.1, -0.05) is 25.5 Å². The standard InChI is InChI=1S/C15H23FN2O/c1-10(2)14(9-18(4)5)17-15(19)12-8-11(3)6-7-13(12)16/h6-8,10,14H,9H2,1-5H3,(H,17,19). The molecule has 1 aromatic carbocycles. The van der Waals surface area contributed by atoms with Crippen molar-refractivity contribution in [3.05, 3.63) is 35.1 Å². The first-order valence-corrected chi connectivity index (χ1v) is 6.53. The first kappa shape index (κ1) is 15.6. The maximum atomic E-state index is 13.7. The molecule has 0 aliphatic heterocycles. The van der Waals surface area contributed by atoms with E-state index in [1.165, 1.54) is 6.07 Å². The summed E-state index contributed by atoms with van der Waals surface area (Å²) in [5.41, 5.74) is 0.990. The molecule has 4 heteroatoms. The third kappa shape index (κ3) is 4.63. The van der Waals surface area contributed by atoms with Gasteiger partial charge in [0, 0.05) is 12.6 Å².